The number of benzene rings is 1. The van der Waals surface area contributed by atoms with Gasteiger partial charge in [0, 0.05) is 23.3 Å². The van der Waals surface area contributed by atoms with Crippen molar-refractivity contribution in [1.29, 1.82) is 0 Å². The Balaban J connectivity index is 1.52. The molecule has 0 radical (unpaired) electrons. The van der Waals surface area contributed by atoms with Crippen LogP contribution in [-0.4, -0.2) is 20.9 Å². The molecule has 124 valence electrons. The molecule has 2 N–H and O–H groups in total. The van der Waals surface area contributed by atoms with Crippen LogP contribution in [0.4, 0.5) is 0 Å². The molecule has 0 bridgehead atoms. The number of nitrogens with zero attached hydrogens (tertiary/aromatic N) is 2. The Bertz CT molecular complexity index is 841. The molecule has 0 aliphatic heterocycles. The standard InChI is InChI=1S/C17H16ClN3O3/c18-15-4-2-1-3-13(15)11-21-10-12(8-20-21)7-19-9-14-5-6-16(24-14)17(22)23/h1-6,8,10,19H,7,9,11H2,(H,22,23). The van der Waals surface area contributed by atoms with E-state index in [1.54, 1.807) is 12.3 Å². The molecule has 3 rings (SSSR count). The number of carbonyl (C=O) groups is 1. The molecule has 0 aliphatic carbocycles. The number of halogens is 1. The molecule has 0 aliphatic rings. The Kier molecular flexibility index (Phi) is 4.98. The van der Waals surface area contributed by atoms with Crippen molar-refractivity contribution < 1.29 is 14.3 Å². The highest BCUT2D eigenvalue weighted by Crippen LogP contribution is 2.16. The van der Waals surface area contributed by atoms with Crippen molar-refractivity contribution in [3.05, 3.63) is 76.5 Å². The Morgan fingerprint density at radius 2 is 2.08 bits per heavy atom. The molecular weight excluding hydrogens is 330 g/mol. The Morgan fingerprint density at radius 1 is 1.25 bits per heavy atom. The van der Waals surface area contributed by atoms with Crippen LogP contribution in [-0.2, 0) is 19.6 Å². The first-order chi connectivity index (χ1) is 11.6. The van der Waals surface area contributed by atoms with Crippen LogP contribution in [0, 0.1) is 0 Å². The van der Waals surface area contributed by atoms with E-state index >= 15 is 0 Å². The lowest BCUT2D eigenvalue weighted by Gasteiger charge is -2.04. The SMILES string of the molecule is O=C(O)c1ccc(CNCc2cnn(Cc3ccccc3Cl)c2)o1. The third kappa shape index (κ3) is 4.04. The first kappa shape index (κ1) is 16.3. The van der Waals surface area contributed by atoms with E-state index in [1.165, 1.54) is 6.07 Å². The fourth-order valence-electron chi connectivity index (χ4n) is 2.30. The number of hydrogen-bond acceptors (Lipinski definition) is 4. The number of carboxylic acids is 1. The summed E-state index contributed by atoms with van der Waals surface area (Å²) in [5, 5.41) is 17.0. The average molecular weight is 346 g/mol. The summed E-state index contributed by atoms with van der Waals surface area (Å²) in [6, 6.07) is 10.8. The van der Waals surface area contributed by atoms with E-state index in [0.717, 1.165) is 16.1 Å². The zero-order chi connectivity index (χ0) is 16.9. The second kappa shape index (κ2) is 7.33. The molecule has 24 heavy (non-hydrogen) atoms. The molecule has 2 aromatic heterocycles. The number of carboxylic acid groups (broad SMARTS) is 1. The van der Waals surface area contributed by atoms with Crippen molar-refractivity contribution in [3.63, 3.8) is 0 Å². The van der Waals surface area contributed by atoms with Crippen molar-refractivity contribution >= 4 is 17.6 Å². The highest BCUT2D eigenvalue weighted by Gasteiger charge is 2.08. The minimum atomic E-state index is -1.07. The highest BCUT2D eigenvalue weighted by atomic mass is 35.5. The van der Waals surface area contributed by atoms with Crippen LogP contribution >= 0.6 is 11.6 Å². The maximum atomic E-state index is 10.8. The van der Waals surface area contributed by atoms with Gasteiger partial charge in [-0.3, -0.25) is 4.68 Å². The summed E-state index contributed by atoms with van der Waals surface area (Å²) in [6.07, 6.45) is 3.73. The van der Waals surface area contributed by atoms with Gasteiger partial charge in [0.2, 0.25) is 5.76 Å². The van der Waals surface area contributed by atoms with Gasteiger partial charge in [-0.05, 0) is 23.8 Å². The van der Waals surface area contributed by atoms with Crippen molar-refractivity contribution in [3.8, 4) is 0 Å². The van der Waals surface area contributed by atoms with Gasteiger partial charge in [0.1, 0.15) is 5.76 Å². The number of hydrogen-bond donors (Lipinski definition) is 2. The smallest absolute Gasteiger partial charge is 0.371 e. The Labute approximate surface area is 143 Å². The maximum absolute atomic E-state index is 10.8. The number of furan rings is 1. The van der Waals surface area contributed by atoms with Crippen LogP contribution in [0.2, 0.25) is 5.02 Å². The van der Waals surface area contributed by atoms with Crippen LogP contribution in [0.1, 0.15) is 27.4 Å². The van der Waals surface area contributed by atoms with Crippen LogP contribution in [0.25, 0.3) is 0 Å². The summed E-state index contributed by atoms with van der Waals surface area (Å²) in [5.74, 6) is -0.544. The molecule has 6 nitrogen and oxygen atoms in total. The zero-order valence-corrected chi connectivity index (χ0v) is 13.5. The van der Waals surface area contributed by atoms with Gasteiger partial charge in [0.15, 0.2) is 0 Å². The van der Waals surface area contributed by atoms with Crippen LogP contribution in [0.3, 0.4) is 0 Å². The normalized spacial score (nSPS) is 10.9. The second-order valence-corrected chi connectivity index (χ2v) is 5.72. The summed E-state index contributed by atoms with van der Waals surface area (Å²) >= 11 is 6.15. The lowest BCUT2D eigenvalue weighted by molar-refractivity contribution is 0.0660. The molecule has 7 heteroatoms. The molecule has 0 spiro atoms. The first-order valence-electron chi connectivity index (χ1n) is 7.39. The largest absolute Gasteiger partial charge is 0.475 e. The van der Waals surface area contributed by atoms with Gasteiger partial charge >= 0.3 is 5.97 Å². The van der Waals surface area contributed by atoms with Crippen LogP contribution < -0.4 is 5.32 Å². The average Bonchev–Trinajstić information content (AvgIpc) is 3.19. The molecule has 0 amide bonds. The molecule has 0 saturated heterocycles. The topological polar surface area (TPSA) is 80.3 Å². The van der Waals surface area contributed by atoms with E-state index < -0.39 is 5.97 Å². The third-order valence-electron chi connectivity index (χ3n) is 3.48. The summed E-state index contributed by atoms with van der Waals surface area (Å²) in [5.41, 5.74) is 2.03. The summed E-state index contributed by atoms with van der Waals surface area (Å²) < 4.78 is 7.01. The second-order valence-electron chi connectivity index (χ2n) is 5.31. The molecule has 1 aromatic carbocycles. The summed E-state index contributed by atoms with van der Waals surface area (Å²) in [4.78, 5) is 10.8. The number of aromatic carboxylic acids is 1. The lowest BCUT2D eigenvalue weighted by atomic mass is 10.2. The van der Waals surface area contributed by atoms with Gasteiger partial charge in [0.05, 0.1) is 19.3 Å². The highest BCUT2D eigenvalue weighted by molar-refractivity contribution is 6.31. The molecule has 0 atom stereocenters. The number of rotatable bonds is 7. The zero-order valence-electron chi connectivity index (χ0n) is 12.8. The van der Waals surface area contributed by atoms with Gasteiger partial charge in [-0.15, -0.1) is 0 Å². The van der Waals surface area contributed by atoms with E-state index in [9.17, 15) is 4.79 Å². The van der Waals surface area contributed by atoms with E-state index in [1.807, 2.05) is 35.1 Å². The minimum Gasteiger partial charge on any atom is -0.475 e. The monoisotopic (exact) mass is 345 g/mol. The van der Waals surface area contributed by atoms with Crippen molar-refractivity contribution in [2.75, 3.05) is 0 Å². The van der Waals surface area contributed by atoms with Crippen LogP contribution in [0.5, 0.6) is 0 Å². The third-order valence-corrected chi connectivity index (χ3v) is 3.85. The molecular formula is C17H16ClN3O3. The number of aromatic nitrogens is 2. The summed E-state index contributed by atoms with van der Waals surface area (Å²) in [6.45, 7) is 1.66. The van der Waals surface area contributed by atoms with Gasteiger partial charge in [-0.25, -0.2) is 4.79 Å². The summed E-state index contributed by atoms with van der Waals surface area (Å²) in [7, 11) is 0. The fourth-order valence-corrected chi connectivity index (χ4v) is 2.50. The fraction of sp³-hybridized carbons (Fsp3) is 0.176. The van der Waals surface area contributed by atoms with Gasteiger partial charge in [0.25, 0.3) is 0 Å². The molecule has 0 fully saturated rings. The molecule has 2 heterocycles. The van der Waals surface area contributed by atoms with E-state index in [0.29, 0.717) is 25.4 Å². The van der Waals surface area contributed by atoms with E-state index in [4.69, 9.17) is 21.1 Å². The number of nitrogens with one attached hydrogen (secondary N) is 1. The van der Waals surface area contributed by atoms with Crippen LogP contribution in [0.15, 0.2) is 53.2 Å². The quantitative estimate of drug-likeness (QED) is 0.687. The van der Waals surface area contributed by atoms with Crippen molar-refractivity contribution in [2.24, 2.45) is 0 Å². The predicted octanol–water partition coefficient (Wildman–Crippen LogP) is 3.17. The predicted molar refractivity (Wildman–Crippen MR) is 89.0 cm³/mol. The van der Waals surface area contributed by atoms with Gasteiger partial charge in [-0.1, -0.05) is 29.8 Å². The minimum absolute atomic E-state index is 0.0561. The van der Waals surface area contributed by atoms with Crippen molar-refractivity contribution in [2.45, 2.75) is 19.6 Å². The Hall–Kier alpha value is -2.57. The first-order valence-corrected chi connectivity index (χ1v) is 7.77. The molecule has 0 unspecified atom stereocenters. The maximum Gasteiger partial charge on any atom is 0.371 e. The van der Waals surface area contributed by atoms with E-state index in [2.05, 4.69) is 10.4 Å². The van der Waals surface area contributed by atoms with Crippen molar-refractivity contribution in [1.82, 2.24) is 15.1 Å². The van der Waals surface area contributed by atoms with E-state index in [-0.39, 0.29) is 5.76 Å². The lowest BCUT2D eigenvalue weighted by Crippen LogP contribution is -2.11. The van der Waals surface area contributed by atoms with Gasteiger partial charge in [-0.2, -0.15) is 5.10 Å². The Morgan fingerprint density at radius 3 is 2.83 bits per heavy atom. The molecule has 3 aromatic rings. The molecule has 0 saturated carbocycles. The van der Waals surface area contributed by atoms with Gasteiger partial charge < -0.3 is 14.8 Å².